The van der Waals surface area contributed by atoms with Gasteiger partial charge < -0.3 is 14.6 Å². The van der Waals surface area contributed by atoms with E-state index in [1.165, 1.54) is 12.2 Å². The van der Waals surface area contributed by atoms with Crippen molar-refractivity contribution in [3.8, 4) is 0 Å². The molecule has 0 aromatic heterocycles. The van der Waals surface area contributed by atoms with Crippen LogP contribution >= 0.6 is 11.6 Å². The Bertz CT molecular complexity index is 1070. The molecule has 4 rings (SSSR count). The van der Waals surface area contributed by atoms with Crippen molar-refractivity contribution in [1.82, 2.24) is 0 Å². The molecule has 0 aliphatic heterocycles. The van der Waals surface area contributed by atoms with E-state index in [1.807, 2.05) is 0 Å². The highest BCUT2D eigenvalue weighted by Gasteiger charge is 2.77. The number of aliphatic hydroxyl groups is 1. The first-order valence-electron chi connectivity index (χ1n) is 13.1. The molecule has 0 saturated heterocycles. The fraction of sp³-hybridized carbons (Fsp3) is 0.714. The van der Waals surface area contributed by atoms with E-state index < -0.39 is 63.6 Å². The average molecular weight is 539 g/mol. The fourth-order valence-corrected chi connectivity index (χ4v) is 8.36. The second-order valence-electron chi connectivity index (χ2n) is 11.5. The average Bonchev–Trinajstić information content (AvgIpc) is 3.06. The predicted molar refractivity (Wildman–Crippen MR) is 133 cm³/mol. The van der Waals surface area contributed by atoms with E-state index in [9.17, 15) is 24.3 Å². The number of aliphatic hydroxyl groups excluding tert-OH is 1. The lowest BCUT2D eigenvalue weighted by Crippen LogP contribution is -2.70. The summed E-state index contributed by atoms with van der Waals surface area (Å²) in [4.78, 5) is 50.3. The quantitative estimate of drug-likeness (QED) is 0.385. The Labute approximate surface area is 221 Å². The first-order valence-corrected chi connectivity index (χ1v) is 13.6. The van der Waals surface area contributed by atoms with Crippen LogP contribution in [0.1, 0.15) is 66.2 Å². The van der Waals surface area contributed by atoms with Crippen molar-refractivity contribution in [1.29, 1.82) is 0 Å². The Balaban J connectivity index is 1.72. The lowest BCUT2D eigenvalue weighted by molar-refractivity contribution is -0.227. The third-order valence-corrected chi connectivity index (χ3v) is 10.1. The van der Waals surface area contributed by atoms with E-state index >= 15 is 4.39 Å². The SMILES string of the molecule is CCOC(=O)CCC(=O)O[C@]1(C(=O)CCl)[C@@H](C)CC2C3CCC4=CC(=O)C=CC4(C)[C@@]3(F)[C@@H](O)CC21C. The second-order valence-corrected chi connectivity index (χ2v) is 11.7. The zero-order valence-corrected chi connectivity index (χ0v) is 22.6. The van der Waals surface area contributed by atoms with E-state index in [0.717, 1.165) is 0 Å². The number of halogens is 2. The fourth-order valence-electron chi connectivity index (χ4n) is 8.17. The van der Waals surface area contributed by atoms with Gasteiger partial charge in [-0.2, -0.15) is 0 Å². The molecule has 3 saturated carbocycles. The molecule has 4 aliphatic rings. The number of allylic oxidation sites excluding steroid dienone is 4. The van der Waals surface area contributed by atoms with E-state index in [2.05, 4.69) is 0 Å². The maximum absolute atomic E-state index is 17.3. The minimum Gasteiger partial charge on any atom is -0.466 e. The Hall–Kier alpha value is -2.06. The first kappa shape index (κ1) is 28.0. The zero-order valence-electron chi connectivity index (χ0n) is 21.9. The number of ketones is 2. The molecular weight excluding hydrogens is 503 g/mol. The molecule has 3 fully saturated rings. The Morgan fingerprint density at radius 1 is 1.19 bits per heavy atom. The van der Waals surface area contributed by atoms with Crippen LogP contribution in [0, 0.1) is 28.6 Å². The molecule has 204 valence electrons. The van der Waals surface area contributed by atoms with Gasteiger partial charge in [0, 0.05) is 22.7 Å². The molecule has 0 amide bonds. The molecule has 0 bridgehead atoms. The van der Waals surface area contributed by atoms with Gasteiger partial charge in [0.1, 0.15) is 0 Å². The predicted octanol–water partition coefficient (Wildman–Crippen LogP) is 4.04. The number of esters is 2. The van der Waals surface area contributed by atoms with Crippen LogP contribution < -0.4 is 0 Å². The number of carbonyl (C=O) groups excluding carboxylic acids is 4. The summed E-state index contributed by atoms with van der Waals surface area (Å²) < 4.78 is 28.2. The Morgan fingerprint density at radius 3 is 2.51 bits per heavy atom. The van der Waals surface area contributed by atoms with Gasteiger partial charge in [0.2, 0.25) is 0 Å². The van der Waals surface area contributed by atoms with Crippen LogP contribution in [-0.2, 0) is 28.7 Å². The van der Waals surface area contributed by atoms with Gasteiger partial charge in [-0.25, -0.2) is 4.39 Å². The van der Waals surface area contributed by atoms with Crippen LogP contribution in [0.2, 0.25) is 0 Å². The molecule has 4 aliphatic carbocycles. The number of rotatable bonds is 7. The molecule has 0 radical (unpaired) electrons. The molecule has 8 atom stereocenters. The van der Waals surface area contributed by atoms with Crippen LogP contribution in [0.4, 0.5) is 4.39 Å². The van der Waals surface area contributed by atoms with E-state index in [-0.39, 0.29) is 37.6 Å². The van der Waals surface area contributed by atoms with E-state index in [1.54, 1.807) is 33.8 Å². The molecule has 4 unspecified atom stereocenters. The summed E-state index contributed by atoms with van der Waals surface area (Å²) in [7, 11) is 0. The highest BCUT2D eigenvalue weighted by molar-refractivity contribution is 6.29. The molecule has 0 aromatic carbocycles. The topological polar surface area (TPSA) is 107 Å². The number of hydrogen-bond donors (Lipinski definition) is 1. The van der Waals surface area contributed by atoms with Crippen molar-refractivity contribution < 1.29 is 38.1 Å². The van der Waals surface area contributed by atoms with E-state index in [4.69, 9.17) is 21.1 Å². The standard InChI is InChI=1S/C28H36ClFO7/c1-5-36-23(34)8-9-24(35)37-28(22(33)15-29)16(2)12-20-19-7-6-17-13-18(31)10-11-25(17,3)27(19,30)21(32)14-26(20,28)4/h10-11,13,16,19-21,32H,5-9,12,14-15H2,1-4H3/t16-,19?,20?,21-,25?,26?,27-,28-/m0/s1. The molecule has 7 nitrogen and oxygen atoms in total. The number of Topliss-reactive ketones (excluding diaryl/α,β-unsaturated/α-hetero) is 1. The van der Waals surface area contributed by atoms with Gasteiger partial charge in [0.15, 0.2) is 22.8 Å². The van der Waals surface area contributed by atoms with Gasteiger partial charge in [-0.3, -0.25) is 19.2 Å². The number of fused-ring (bicyclic) bond motifs is 5. The highest BCUT2D eigenvalue weighted by Crippen LogP contribution is 2.71. The van der Waals surface area contributed by atoms with Gasteiger partial charge in [-0.15, -0.1) is 11.6 Å². The largest absolute Gasteiger partial charge is 0.466 e. The minimum atomic E-state index is -2.06. The van der Waals surface area contributed by atoms with Gasteiger partial charge in [0.25, 0.3) is 0 Å². The van der Waals surface area contributed by atoms with Crippen molar-refractivity contribution in [3.05, 3.63) is 23.8 Å². The zero-order chi connectivity index (χ0) is 27.4. The van der Waals surface area contributed by atoms with E-state index in [0.29, 0.717) is 24.8 Å². The third-order valence-electron chi connectivity index (χ3n) is 9.83. The first-order chi connectivity index (χ1) is 17.3. The van der Waals surface area contributed by atoms with Crippen molar-refractivity contribution >= 4 is 35.1 Å². The molecule has 37 heavy (non-hydrogen) atoms. The monoisotopic (exact) mass is 538 g/mol. The lowest BCUT2D eigenvalue weighted by Gasteiger charge is -2.62. The van der Waals surface area contributed by atoms with Gasteiger partial charge >= 0.3 is 11.9 Å². The minimum absolute atomic E-state index is 0.118. The summed E-state index contributed by atoms with van der Waals surface area (Å²) in [5, 5.41) is 11.5. The summed E-state index contributed by atoms with van der Waals surface area (Å²) in [6.45, 7) is 7.17. The molecule has 0 aromatic rings. The van der Waals surface area contributed by atoms with Gasteiger partial charge in [-0.05, 0) is 57.6 Å². The number of ether oxygens (including phenoxy) is 2. The van der Waals surface area contributed by atoms with Crippen molar-refractivity contribution in [2.24, 2.45) is 28.6 Å². The Kier molecular flexibility index (Phi) is 7.25. The van der Waals surface area contributed by atoms with Crippen molar-refractivity contribution in [3.63, 3.8) is 0 Å². The molecule has 9 heteroatoms. The third kappa shape index (κ3) is 3.84. The summed E-state index contributed by atoms with van der Waals surface area (Å²) in [6.07, 6.45) is 3.65. The summed E-state index contributed by atoms with van der Waals surface area (Å²) in [6, 6.07) is 0. The lowest BCUT2D eigenvalue weighted by atomic mass is 9.44. The van der Waals surface area contributed by atoms with Crippen LogP contribution in [0.15, 0.2) is 23.8 Å². The summed E-state index contributed by atoms with van der Waals surface area (Å²) >= 11 is 6.06. The number of alkyl halides is 2. The highest BCUT2D eigenvalue weighted by atomic mass is 35.5. The molecular formula is C28H36ClFO7. The van der Waals surface area contributed by atoms with Crippen LogP contribution in [-0.4, -0.2) is 58.5 Å². The molecule has 0 heterocycles. The number of hydrogen-bond acceptors (Lipinski definition) is 7. The van der Waals surface area contributed by atoms with Crippen molar-refractivity contribution in [2.45, 2.75) is 83.6 Å². The maximum atomic E-state index is 17.3. The molecule has 1 N–H and O–H groups in total. The number of carbonyl (C=O) groups is 4. The van der Waals surface area contributed by atoms with Crippen LogP contribution in [0.3, 0.4) is 0 Å². The van der Waals surface area contributed by atoms with Crippen molar-refractivity contribution in [2.75, 3.05) is 12.5 Å². The molecule has 0 spiro atoms. The summed E-state index contributed by atoms with van der Waals surface area (Å²) in [5.41, 5.74) is -5.30. The maximum Gasteiger partial charge on any atom is 0.307 e. The van der Waals surface area contributed by atoms with Crippen LogP contribution in [0.5, 0.6) is 0 Å². The second kappa shape index (κ2) is 9.60. The normalized spacial score (nSPS) is 42.2. The van der Waals surface area contributed by atoms with Gasteiger partial charge in [0.05, 0.1) is 31.4 Å². The summed E-state index contributed by atoms with van der Waals surface area (Å²) in [5.74, 6) is -3.87. The van der Waals surface area contributed by atoms with Gasteiger partial charge in [-0.1, -0.05) is 25.5 Å². The Morgan fingerprint density at radius 2 is 1.86 bits per heavy atom. The van der Waals surface area contributed by atoms with Crippen LogP contribution in [0.25, 0.3) is 0 Å². The smallest absolute Gasteiger partial charge is 0.307 e.